The van der Waals surface area contributed by atoms with Crippen LogP contribution in [-0.2, 0) is 19.6 Å². The molecule has 21 heavy (non-hydrogen) atoms. The first-order valence-electron chi connectivity index (χ1n) is 7.55. The average molecular weight is 284 g/mol. The summed E-state index contributed by atoms with van der Waals surface area (Å²) in [6.45, 7) is 7.30. The Hall–Kier alpha value is -1.87. The molecule has 3 nitrogen and oxygen atoms in total. The molecule has 0 radical (unpaired) electrons. The summed E-state index contributed by atoms with van der Waals surface area (Å²) in [6, 6.07) is 14.7. The zero-order valence-corrected chi connectivity index (χ0v) is 13.1. The highest BCUT2D eigenvalue weighted by molar-refractivity contribution is 5.44. The smallest absolute Gasteiger partial charge is 0.129 e. The van der Waals surface area contributed by atoms with Crippen LogP contribution in [0.15, 0.2) is 42.5 Å². The van der Waals surface area contributed by atoms with E-state index in [1.807, 2.05) is 18.2 Å². The van der Waals surface area contributed by atoms with Crippen LogP contribution in [0.4, 0.5) is 5.82 Å². The summed E-state index contributed by atoms with van der Waals surface area (Å²) in [6.07, 6.45) is 0.873. The van der Waals surface area contributed by atoms with Gasteiger partial charge >= 0.3 is 0 Å². The Kier molecular flexibility index (Phi) is 5.34. The van der Waals surface area contributed by atoms with Crippen LogP contribution in [-0.4, -0.2) is 16.1 Å². The molecule has 0 spiro atoms. The normalized spacial score (nSPS) is 10.9. The predicted octanol–water partition coefficient (Wildman–Crippen LogP) is 3.55. The summed E-state index contributed by atoms with van der Waals surface area (Å²) >= 11 is 0. The zero-order valence-electron chi connectivity index (χ0n) is 13.1. The standard InChI is InChI=1S/C18H24N2O/c1-4-17-10-16(13-21)11-18(19-17)20(14(2)3)12-15-8-6-5-7-9-15/h5-11,14,21H,4,12-13H2,1-3H3. The number of aliphatic hydroxyl groups is 1. The van der Waals surface area contributed by atoms with Gasteiger partial charge in [0.1, 0.15) is 5.82 Å². The zero-order chi connectivity index (χ0) is 15.2. The molecule has 0 aliphatic carbocycles. The number of aliphatic hydroxyl groups excluding tert-OH is 1. The van der Waals surface area contributed by atoms with Gasteiger partial charge in [-0.2, -0.15) is 0 Å². The first-order chi connectivity index (χ1) is 10.1. The van der Waals surface area contributed by atoms with E-state index in [1.165, 1.54) is 5.56 Å². The second-order valence-electron chi connectivity index (χ2n) is 5.54. The molecule has 1 aromatic heterocycles. The molecule has 0 saturated heterocycles. The van der Waals surface area contributed by atoms with Gasteiger partial charge in [-0.05, 0) is 43.5 Å². The van der Waals surface area contributed by atoms with Gasteiger partial charge in [0.2, 0.25) is 0 Å². The highest BCUT2D eigenvalue weighted by Gasteiger charge is 2.14. The molecule has 3 heteroatoms. The largest absolute Gasteiger partial charge is 0.392 e. The highest BCUT2D eigenvalue weighted by Crippen LogP contribution is 2.21. The number of nitrogens with zero attached hydrogens (tertiary/aromatic N) is 2. The predicted molar refractivity (Wildman–Crippen MR) is 87.3 cm³/mol. The maximum absolute atomic E-state index is 9.45. The van der Waals surface area contributed by atoms with E-state index >= 15 is 0 Å². The van der Waals surface area contributed by atoms with E-state index < -0.39 is 0 Å². The van der Waals surface area contributed by atoms with E-state index in [9.17, 15) is 5.11 Å². The van der Waals surface area contributed by atoms with Crippen LogP contribution in [0.25, 0.3) is 0 Å². The molecule has 0 atom stereocenters. The molecule has 0 aliphatic rings. The quantitative estimate of drug-likeness (QED) is 0.881. The van der Waals surface area contributed by atoms with Crippen molar-refractivity contribution < 1.29 is 5.11 Å². The van der Waals surface area contributed by atoms with Gasteiger partial charge in [-0.25, -0.2) is 4.98 Å². The fourth-order valence-corrected chi connectivity index (χ4v) is 2.36. The van der Waals surface area contributed by atoms with E-state index in [4.69, 9.17) is 4.98 Å². The van der Waals surface area contributed by atoms with E-state index in [0.29, 0.717) is 6.04 Å². The number of hydrogen-bond acceptors (Lipinski definition) is 3. The Labute approximate surface area is 127 Å². The van der Waals surface area contributed by atoms with Crippen molar-refractivity contribution in [2.75, 3.05) is 4.90 Å². The summed E-state index contributed by atoms with van der Waals surface area (Å²) in [5.74, 6) is 0.942. The van der Waals surface area contributed by atoms with Crippen LogP contribution < -0.4 is 4.90 Å². The topological polar surface area (TPSA) is 36.4 Å². The van der Waals surface area contributed by atoms with Crippen molar-refractivity contribution in [3.8, 4) is 0 Å². The van der Waals surface area contributed by atoms with Crippen molar-refractivity contribution in [1.82, 2.24) is 4.98 Å². The number of rotatable bonds is 6. The molecule has 0 bridgehead atoms. The third kappa shape index (κ3) is 4.05. The lowest BCUT2D eigenvalue weighted by atomic mass is 10.1. The van der Waals surface area contributed by atoms with Crippen LogP contribution in [0, 0.1) is 0 Å². The fraction of sp³-hybridized carbons (Fsp3) is 0.389. The van der Waals surface area contributed by atoms with Crippen LogP contribution in [0.3, 0.4) is 0 Å². The Morgan fingerprint density at radius 3 is 2.38 bits per heavy atom. The van der Waals surface area contributed by atoms with Crippen LogP contribution in [0.2, 0.25) is 0 Å². The van der Waals surface area contributed by atoms with Crippen molar-refractivity contribution in [2.24, 2.45) is 0 Å². The summed E-state index contributed by atoms with van der Waals surface area (Å²) < 4.78 is 0. The molecule has 112 valence electrons. The van der Waals surface area contributed by atoms with Crippen LogP contribution in [0.1, 0.15) is 37.6 Å². The van der Waals surface area contributed by atoms with Gasteiger partial charge < -0.3 is 10.0 Å². The van der Waals surface area contributed by atoms with Gasteiger partial charge in [-0.1, -0.05) is 37.3 Å². The lowest BCUT2D eigenvalue weighted by Crippen LogP contribution is -2.31. The first kappa shape index (κ1) is 15.5. The average Bonchev–Trinajstić information content (AvgIpc) is 2.52. The lowest BCUT2D eigenvalue weighted by molar-refractivity contribution is 0.281. The summed E-state index contributed by atoms with van der Waals surface area (Å²) in [7, 11) is 0. The van der Waals surface area contributed by atoms with Gasteiger partial charge in [-0.15, -0.1) is 0 Å². The van der Waals surface area contributed by atoms with Gasteiger partial charge in [0.25, 0.3) is 0 Å². The molecular weight excluding hydrogens is 260 g/mol. The Morgan fingerprint density at radius 1 is 1.10 bits per heavy atom. The molecule has 0 fully saturated rings. The minimum Gasteiger partial charge on any atom is -0.392 e. The van der Waals surface area contributed by atoms with Crippen molar-refractivity contribution >= 4 is 5.82 Å². The van der Waals surface area contributed by atoms with Crippen molar-refractivity contribution in [3.63, 3.8) is 0 Å². The first-order valence-corrected chi connectivity index (χ1v) is 7.55. The Bertz CT molecular complexity index is 544. The van der Waals surface area contributed by atoms with Gasteiger partial charge in [-0.3, -0.25) is 0 Å². The van der Waals surface area contributed by atoms with Crippen LogP contribution in [0.5, 0.6) is 0 Å². The van der Waals surface area contributed by atoms with Gasteiger partial charge in [0.15, 0.2) is 0 Å². The molecule has 1 N–H and O–H groups in total. The van der Waals surface area contributed by atoms with E-state index in [1.54, 1.807) is 0 Å². The second-order valence-corrected chi connectivity index (χ2v) is 5.54. The number of aryl methyl sites for hydroxylation is 1. The van der Waals surface area contributed by atoms with E-state index in [-0.39, 0.29) is 6.61 Å². The number of aromatic nitrogens is 1. The number of benzene rings is 1. The molecule has 1 heterocycles. The summed E-state index contributed by atoms with van der Waals surface area (Å²) in [4.78, 5) is 7.00. The molecule has 2 rings (SSSR count). The van der Waals surface area contributed by atoms with Gasteiger partial charge in [0.05, 0.1) is 6.61 Å². The Morgan fingerprint density at radius 2 is 1.81 bits per heavy atom. The molecule has 2 aromatic rings. The highest BCUT2D eigenvalue weighted by atomic mass is 16.3. The third-order valence-electron chi connectivity index (χ3n) is 3.58. The fourth-order valence-electron chi connectivity index (χ4n) is 2.36. The Balaban J connectivity index is 2.33. The summed E-state index contributed by atoms with van der Waals surface area (Å²) in [5, 5.41) is 9.45. The third-order valence-corrected chi connectivity index (χ3v) is 3.58. The minimum atomic E-state index is 0.0553. The minimum absolute atomic E-state index is 0.0553. The number of hydrogen-bond donors (Lipinski definition) is 1. The molecule has 1 aromatic carbocycles. The van der Waals surface area contributed by atoms with Crippen molar-refractivity contribution in [1.29, 1.82) is 0 Å². The molecule has 0 amide bonds. The van der Waals surface area contributed by atoms with E-state index in [0.717, 1.165) is 30.0 Å². The maximum Gasteiger partial charge on any atom is 0.129 e. The molecule has 0 saturated carbocycles. The number of pyridine rings is 1. The van der Waals surface area contributed by atoms with E-state index in [2.05, 4.69) is 49.9 Å². The SMILES string of the molecule is CCc1cc(CO)cc(N(Cc2ccccc2)C(C)C)n1. The lowest BCUT2D eigenvalue weighted by Gasteiger charge is -2.29. The number of anilines is 1. The van der Waals surface area contributed by atoms with Crippen LogP contribution >= 0.6 is 0 Å². The van der Waals surface area contributed by atoms with Crippen molar-refractivity contribution in [3.05, 3.63) is 59.3 Å². The van der Waals surface area contributed by atoms with Gasteiger partial charge in [0, 0.05) is 18.3 Å². The molecule has 0 aliphatic heterocycles. The molecular formula is C18H24N2O. The van der Waals surface area contributed by atoms with Crippen molar-refractivity contribution in [2.45, 2.75) is 46.4 Å². The maximum atomic E-state index is 9.45. The monoisotopic (exact) mass is 284 g/mol. The second kappa shape index (κ2) is 7.23. The summed E-state index contributed by atoms with van der Waals surface area (Å²) in [5.41, 5.74) is 3.21. The molecule has 0 unspecified atom stereocenters.